The zero-order chi connectivity index (χ0) is 24.8. The lowest BCUT2D eigenvalue weighted by Gasteiger charge is -2.15. The van der Waals surface area contributed by atoms with Gasteiger partial charge < -0.3 is 10.7 Å². The van der Waals surface area contributed by atoms with Crippen LogP contribution in [0.5, 0.6) is 0 Å². The highest BCUT2D eigenvalue weighted by Crippen LogP contribution is 2.28. The van der Waals surface area contributed by atoms with E-state index in [2.05, 4.69) is 55.9 Å². The van der Waals surface area contributed by atoms with Gasteiger partial charge in [0.15, 0.2) is 0 Å². The first kappa shape index (κ1) is 25.3. The zero-order valence-corrected chi connectivity index (χ0v) is 21.2. The molecular formula is C29H33ClN4. The van der Waals surface area contributed by atoms with Crippen molar-refractivity contribution >= 4 is 40.1 Å². The van der Waals surface area contributed by atoms with Gasteiger partial charge >= 0.3 is 0 Å². The Balaban J connectivity index is 1.91. The molecule has 0 amide bonds. The molecular weight excluding hydrogens is 440 g/mol. The van der Waals surface area contributed by atoms with Crippen molar-refractivity contribution < 1.29 is 0 Å². The molecule has 4 nitrogen and oxygen atoms in total. The lowest BCUT2D eigenvalue weighted by molar-refractivity contribution is 0.995. The van der Waals surface area contributed by atoms with E-state index in [1.807, 2.05) is 50.2 Å². The minimum absolute atomic E-state index is 0.634. The molecule has 0 atom stereocenters. The second kappa shape index (κ2) is 11.2. The SMILES string of the molecule is C=C(NN)c1ccc(C)c(N=C(C)c2cc(NC(=C)c3cc(CC)cc(CC)c3)ccc2Cl)c1. The fourth-order valence-corrected chi connectivity index (χ4v) is 3.97. The molecule has 0 aliphatic heterocycles. The van der Waals surface area contributed by atoms with Crippen LogP contribution in [0.4, 0.5) is 11.4 Å². The van der Waals surface area contributed by atoms with Crippen LogP contribution in [-0.2, 0) is 12.8 Å². The number of rotatable bonds is 9. The van der Waals surface area contributed by atoms with Crippen molar-refractivity contribution in [3.63, 3.8) is 0 Å². The second-order valence-electron chi connectivity index (χ2n) is 8.36. The van der Waals surface area contributed by atoms with Gasteiger partial charge in [0.25, 0.3) is 0 Å². The van der Waals surface area contributed by atoms with Gasteiger partial charge in [-0.25, -0.2) is 0 Å². The van der Waals surface area contributed by atoms with Crippen molar-refractivity contribution in [2.24, 2.45) is 10.8 Å². The summed E-state index contributed by atoms with van der Waals surface area (Å²) in [6.07, 6.45) is 1.98. The molecule has 5 heteroatoms. The van der Waals surface area contributed by atoms with Crippen LogP contribution in [0.3, 0.4) is 0 Å². The number of benzene rings is 3. The minimum atomic E-state index is 0.634. The molecule has 0 radical (unpaired) electrons. The van der Waals surface area contributed by atoms with E-state index in [0.717, 1.165) is 57.9 Å². The summed E-state index contributed by atoms with van der Waals surface area (Å²) in [7, 11) is 0. The summed E-state index contributed by atoms with van der Waals surface area (Å²) in [6.45, 7) is 16.5. The smallest absolute Gasteiger partial charge is 0.0668 e. The Hall–Kier alpha value is -3.34. The maximum atomic E-state index is 6.56. The number of halogens is 1. The van der Waals surface area contributed by atoms with Crippen LogP contribution in [0.1, 0.15) is 54.2 Å². The van der Waals surface area contributed by atoms with Crippen LogP contribution >= 0.6 is 11.6 Å². The average Bonchev–Trinajstić information content (AvgIpc) is 2.85. The van der Waals surface area contributed by atoms with Gasteiger partial charge in [0.05, 0.1) is 5.69 Å². The molecule has 0 spiro atoms. The number of aliphatic imine (C=N–C) groups is 1. The molecule has 0 aromatic heterocycles. The van der Waals surface area contributed by atoms with Gasteiger partial charge in [-0.2, -0.15) is 0 Å². The fraction of sp³-hybridized carbons (Fsp3) is 0.207. The summed E-state index contributed by atoms with van der Waals surface area (Å²) in [5, 5.41) is 4.09. The first-order valence-electron chi connectivity index (χ1n) is 11.5. The monoisotopic (exact) mass is 472 g/mol. The lowest BCUT2D eigenvalue weighted by Crippen LogP contribution is -2.18. The van der Waals surface area contributed by atoms with Crippen molar-refractivity contribution in [3.8, 4) is 0 Å². The molecule has 176 valence electrons. The first-order chi connectivity index (χ1) is 16.2. The number of hydrogen-bond acceptors (Lipinski definition) is 4. The van der Waals surface area contributed by atoms with Crippen molar-refractivity contribution in [3.05, 3.63) is 106 Å². The van der Waals surface area contributed by atoms with Gasteiger partial charge in [-0.3, -0.25) is 10.8 Å². The molecule has 0 saturated carbocycles. The Bertz CT molecular complexity index is 1230. The summed E-state index contributed by atoms with van der Waals surface area (Å²) in [5.41, 5.74) is 13.1. The molecule has 0 heterocycles. The molecule has 0 fully saturated rings. The number of nitrogens with zero attached hydrogens (tertiary/aromatic N) is 1. The standard InChI is InChI=1S/C29H33ClN4/c1-7-22-13-23(8-2)15-25(14-22)19(4)32-26-11-12-28(30)27(17-26)21(6)33-29-16-24(20(5)34-31)10-9-18(29)3/h9-17,32,34H,4-5,7-8,31H2,1-3,6H3. The number of nitrogens with one attached hydrogen (secondary N) is 2. The highest BCUT2D eigenvalue weighted by atomic mass is 35.5. The summed E-state index contributed by atoms with van der Waals surface area (Å²) in [5.74, 6) is 5.52. The third-order valence-electron chi connectivity index (χ3n) is 5.89. The number of aryl methyl sites for hydroxylation is 3. The van der Waals surface area contributed by atoms with Crippen LogP contribution in [0.2, 0.25) is 5.02 Å². The molecule has 3 aromatic carbocycles. The number of hydrogen-bond donors (Lipinski definition) is 3. The Morgan fingerprint density at radius 2 is 1.59 bits per heavy atom. The average molecular weight is 473 g/mol. The molecule has 3 aromatic rings. The van der Waals surface area contributed by atoms with Gasteiger partial charge in [0.1, 0.15) is 0 Å². The van der Waals surface area contributed by atoms with Crippen LogP contribution < -0.4 is 16.6 Å². The predicted molar refractivity (Wildman–Crippen MR) is 149 cm³/mol. The lowest BCUT2D eigenvalue weighted by atomic mass is 10.0. The van der Waals surface area contributed by atoms with Crippen LogP contribution in [0, 0.1) is 6.92 Å². The number of hydrazine groups is 1. The van der Waals surface area contributed by atoms with E-state index in [9.17, 15) is 0 Å². The van der Waals surface area contributed by atoms with E-state index in [-0.39, 0.29) is 0 Å². The van der Waals surface area contributed by atoms with Gasteiger partial charge in [0.2, 0.25) is 0 Å². The molecule has 0 bridgehead atoms. The third-order valence-corrected chi connectivity index (χ3v) is 6.22. The Morgan fingerprint density at radius 1 is 0.912 bits per heavy atom. The third kappa shape index (κ3) is 5.96. The van der Waals surface area contributed by atoms with Crippen LogP contribution in [-0.4, -0.2) is 5.71 Å². The molecule has 3 rings (SSSR count). The zero-order valence-electron chi connectivity index (χ0n) is 20.4. The molecule has 0 aliphatic carbocycles. The van der Waals surface area contributed by atoms with E-state index in [4.69, 9.17) is 22.4 Å². The van der Waals surface area contributed by atoms with E-state index < -0.39 is 0 Å². The van der Waals surface area contributed by atoms with Crippen molar-refractivity contribution in [2.45, 2.75) is 40.5 Å². The largest absolute Gasteiger partial charge is 0.356 e. The molecule has 4 N–H and O–H groups in total. The first-order valence-corrected chi connectivity index (χ1v) is 11.8. The molecule has 0 saturated heterocycles. The number of nitrogens with two attached hydrogens (primary N) is 1. The van der Waals surface area contributed by atoms with E-state index >= 15 is 0 Å². The molecule has 0 aliphatic rings. The van der Waals surface area contributed by atoms with Gasteiger partial charge in [-0.15, -0.1) is 0 Å². The highest BCUT2D eigenvalue weighted by molar-refractivity contribution is 6.34. The molecule has 0 unspecified atom stereocenters. The summed E-state index contributed by atoms with van der Waals surface area (Å²) < 4.78 is 0. The maximum Gasteiger partial charge on any atom is 0.0668 e. The van der Waals surface area contributed by atoms with Gasteiger partial charge in [0, 0.05) is 38.9 Å². The summed E-state index contributed by atoms with van der Waals surface area (Å²) in [4.78, 5) is 4.86. The Kier molecular flexibility index (Phi) is 8.32. The summed E-state index contributed by atoms with van der Waals surface area (Å²) in [6, 6.07) is 18.4. The van der Waals surface area contributed by atoms with Crippen LogP contribution in [0.25, 0.3) is 11.4 Å². The normalized spacial score (nSPS) is 11.3. The van der Waals surface area contributed by atoms with Crippen molar-refractivity contribution in [1.29, 1.82) is 0 Å². The Morgan fingerprint density at radius 3 is 2.21 bits per heavy atom. The van der Waals surface area contributed by atoms with Gasteiger partial charge in [-0.05, 0) is 85.3 Å². The maximum absolute atomic E-state index is 6.56. The molecule has 34 heavy (non-hydrogen) atoms. The topological polar surface area (TPSA) is 62.4 Å². The Labute approximate surface area is 208 Å². The predicted octanol–water partition coefficient (Wildman–Crippen LogP) is 7.43. The van der Waals surface area contributed by atoms with E-state index in [1.165, 1.54) is 11.1 Å². The second-order valence-corrected chi connectivity index (χ2v) is 8.77. The van der Waals surface area contributed by atoms with Crippen molar-refractivity contribution in [2.75, 3.05) is 5.32 Å². The summed E-state index contributed by atoms with van der Waals surface area (Å²) >= 11 is 6.56. The fourth-order valence-electron chi connectivity index (χ4n) is 3.71. The quantitative estimate of drug-likeness (QED) is 0.172. The van der Waals surface area contributed by atoms with Gasteiger partial charge in [-0.1, -0.05) is 56.8 Å². The highest BCUT2D eigenvalue weighted by Gasteiger charge is 2.10. The van der Waals surface area contributed by atoms with E-state index in [1.54, 1.807) is 0 Å². The minimum Gasteiger partial charge on any atom is -0.356 e. The number of anilines is 1. The van der Waals surface area contributed by atoms with Crippen LogP contribution in [0.15, 0.2) is 72.7 Å². The van der Waals surface area contributed by atoms with Crippen molar-refractivity contribution in [1.82, 2.24) is 5.43 Å². The van der Waals surface area contributed by atoms with E-state index in [0.29, 0.717) is 10.7 Å².